The van der Waals surface area contributed by atoms with Crippen molar-refractivity contribution in [2.24, 2.45) is 0 Å². The van der Waals surface area contributed by atoms with Gasteiger partial charge in [0.05, 0.1) is 11.2 Å². The van der Waals surface area contributed by atoms with E-state index in [2.05, 4.69) is 66.2 Å². The number of hydrogen-bond donors (Lipinski definition) is 1. The Labute approximate surface area is 126 Å². The largest absolute Gasteiger partial charge is 0.348 e. The topological polar surface area (TPSA) is 15.8 Å². The van der Waals surface area contributed by atoms with E-state index in [-0.39, 0.29) is 0 Å². The van der Waals surface area contributed by atoms with Gasteiger partial charge in [0, 0.05) is 17.2 Å². The van der Waals surface area contributed by atoms with Gasteiger partial charge in [0.2, 0.25) is 0 Å². The first-order chi connectivity index (χ1) is 10.4. The normalized spacial score (nSPS) is 10.7. The zero-order chi connectivity index (χ0) is 14.5. The third kappa shape index (κ3) is 3.11. The van der Waals surface area contributed by atoms with E-state index in [0.717, 1.165) is 12.1 Å². The summed E-state index contributed by atoms with van der Waals surface area (Å²) in [6.45, 7) is 2.24. The van der Waals surface area contributed by atoms with Gasteiger partial charge < -0.3 is 4.98 Å². The van der Waals surface area contributed by atoms with Crippen LogP contribution in [0.2, 0.25) is 0 Å². The Morgan fingerprint density at radius 1 is 0.952 bits per heavy atom. The maximum Gasteiger partial charge on any atom is 0.0904 e. The molecule has 106 valence electrons. The van der Waals surface area contributed by atoms with Crippen molar-refractivity contribution in [3.63, 3.8) is 0 Å². The van der Waals surface area contributed by atoms with Gasteiger partial charge in [-0.15, -0.1) is 0 Å². The number of unbranched alkanes of at least 4 members (excludes halogenated alkanes) is 4. The van der Waals surface area contributed by atoms with Crippen molar-refractivity contribution in [3.8, 4) is 11.8 Å². The molecule has 0 amide bonds. The maximum absolute atomic E-state index is 3.47. The lowest BCUT2D eigenvalue weighted by atomic mass is 10.1. The van der Waals surface area contributed by atoms with Gasteiger partial charge in [-0.05, 0) is 23.8 Å². The molecule has 0 saturated heterocycles. The van der Waals surface area contributed by atoms with Crippen molar-refractivity contribution < 1.29 is 0 Å². The first kappa shape index (κ1) is 13.8. The lowest BCUT2D eigenvalue weighted by Gasteiger charge is -1.98. The number of aromatic amines is 1. The molecule has 1 nitrogen and oxygen atoms in total. The van der Waals surface area contributed by atoms with Crippen LogP contribution in [0.3, 0.4) is 0 Å². The zero-order valence-electron chi connectivity index (χ0n) is 12.6. The van der Waals surface area contributed by atoms with Gasteiger partial charge in [0.15, 0.2) is 0 Å². The first-order valence-corrected chi connectivity index (χ1v) is 7.88. The van der Waals surface area contributed by atoms with Crippen LogP contribution in [0, 0.1) is 11.8 Å². The van der Waals surface area contributed by atoms with E-state index < -0.39 is 0 Å². The van der Waals surface area contributed by atoms with Crippen molar-refractivity contribution in [3.05, 3.63) is 48.2 Å². The highest BCUT2D eigenvalue weighted by molar-refractivity contribution is 6.05. The molecule has 1 aromatic heterocycles. The van der Waals surface area contributed by atoms with Gasteiger partial charge in [-0.2, -0.15) is 0 Å². The lowest BCUT2D eigenvalue weighted by Crippen LogP contribution is -1.76. The average Bonchev–Trinajstić information content (AvgIpc) is 2.94. The molecule has 1 N–H and O–H groups in total. The van der Waals surface area contributed by atoms with Crippen LogP contribution in [0.15, 0.2) is 42.5 Å². The van der Waals surface area contributed by atoms with Crippen molar-refractivity contribution in [1.29, 1.82) is 0 Å². The van der Waals surface area contributed by atoms with Crippen molar-refractivity contribution in [2.45, 2.75) is 39.0 Å². The molecule has 0 aliphatic carbocycles. The number of rotatable bonds is 4. The molecule has 21 heavy (non-hydrogen) atoms. The molecular formula is C20H21N. The molecule has 0 fully saturated rings. The Hall–Kier alpha value is -2.20. The fraction of sp³-hybridized carbons (Fsp3) is 0.300. The molecule has 2 aromatic carbocycles. The molecule has 0 spiro atoms. The summed E-state index contributed by atoms with van der Waals surface area (Å²) in [5.41, 5.74) is 2.22. The highest BCUT2D eigenvalue weighted by atomic mass is 14.7. The summed E-state index contributed by atoms with van der Waals surface area (Å²) >= 11 is 0. The minimum Gasteiger partial charge on any atom is -0.348 e. The number of H-pyrrole nitrogens is 1. The number of hydrogen-bond acceptors (Lipinski definition) is 0. The molecule has 0 atom stereocenters. The van der Waals surface area contributed by atoms with Crippen LogP contribution < -0.4 is 0 Å². The fourth-order valence-electron chi connectivity index (χ4n) is 2.74. The monoisotopic (exact) mass is 275 g/mol. The average molecular weight is 275 g/mol. The summed E-state index contributed by atoms with van der Waals surface area (Å²) in [5.74, 6) is 6.56. The smallest absolute Gasteiger partial charge is 0.0904 e. The highest BCUT2D eigenvalue weighted by Gasteiger charge is 2.02. The third-order valence-electron chi connectivity index (χ3n) is 3.90. The summed E-state index contributed by atoms with van der Waals surface area (Å²) in [4.78, 5) is 3.47. The van der Waals surface area contributed by atoms with E-state index in [9.17, 15) is 0 Å². The maximum atomic E-state index is 3.47. The van der Waals surface area contributed by atoms with Crippen LogP contribution in [0.25, 0.3) is 21.7 Å². The SMILES string of the molecule is CCCCCCC#Cc1cc2ccc3ccccc3c2[nH]1. The fourth-order valence-corrected chi connectivity index (χ4v) is 2.74. The van der Waals surface area contributed by atoms with Gasteiger partial charge in [-0.3, -0.25) is 0 Å². The lowest BCUT2D eigenvalue weighted by molar-refractivity contribution is 0.679. The molecule has 0 radical (unpaired) electrons. The minimum atomic E-state index is 0.996. The second-order valence-corrected chi connectivity index (χ2v) is 5.55. The van der Waals surface area contributed by atoms with Crippen LogP contribution in [0.4, 0.5) is 0 Å². The van der Waals surface area contributed by atoms with E-state index >= 15 is 0 Å². The second kappa shape index (κ2) is 6.50. The van der Waals surface area contributed by atoms with E-state index in [4.69, 9.17) is 0 Å². The Morgan fingerprint density at radius 2 is 1.81 bits per heavy atom. The van der Waals surface area contributed by atoms with Gasteiger partial charge in [-0.25, -0.2) is 0 Å². The minimum absolute atomic E-state index is 0.996. The summed E-state index contributed by atoms with van der Waals surface area (Å²) in [6.07, 6.45) is 6.10. The summed E-state index contributed by atoms with van der Waals surface area (Å²) in [6, 6.07) is 15.0. The van der Waals surface area contributed by atoms with Crippen LogP contribution in [-0.4, -0.2) is 4.98 Å². The van der Waals surface area contributed by atoms with Crippen LogP contribution in [0.5, 0.6) is 0 Å². The van der Waals surface area contributed by atoms with E-state index in [0.29, 0.717) is 0 Å². The molecule has 1 heteroatoms. The molecule has 0 aliphatic heterocycles. The van der Waals surface area contributed by atoms with Crippen molar-refractivity contribution >= 4 is 21.7 Å². The summed E-state index contributed by atoms with van der Waals surface area (Å²) < 4.78 is 0. The standard InChI is InChI=1S/C20H21N/c1-2-3-4-5-6-7-11-18-15-17-14-13-16-10-8-9-12-19(16)20(17)21-18/h8-10,12-15,21H,2-6H2,1H3. The quantitative estimate of drug-likeness (QED) is 0.468. The van der Waals surface area contributed by atoms with Crippen LogP contribution in [-0.2, 0) is 0 Å². The Kier molecular flexibility index (Phi) is 4.26. The summed E-state index contributed by atoms with van der Waals surface area (Å²) in [7, 11) is 0. The van der Waals surface area contributed by atoms with Gasteiger partial charge >= 0.3 is 0 Å². The van der Waals surface area contributed by atoms with Crippen molar-refractivity contribution in [2.75, 3.05) is 0 Å². The van der Waals surface area contributed by atoms with E-state index in [1.807, 2.05) is 0 Å². The number of nitrogens with one attached hydrogen (secondary N) is 1. The van der Waals surface area contributed by atoms with E-state index in [1.165, 1.54) is 47.4 Å². The predicted octanol–water partition coefficient (Wildman–Crippen LogP) is 5.64. The first-order valence-electron chi connectivity index (χ1n) is 7.88. The molecule has 3 aromatic rings. The van der Waals surface area contributed by atoms with Gasteiger partial charge in [0.25, 0.3) is 0 Å². The Morgan fingerprint density at radius 3 is 2.71 bits per heavy atom. The number of fused-ring (bicyclic) bond motifs is 3. The van der Waals surface area contributed by atoms with Gasteiger partial charge in [-0.1, -0.05) is 68.5 Å². The Bertz CT molecular complexity index is 799. The van der Waals surface area contributed by atoms with Crippen LogP contribution >= 0.6 is 0 Å². The predicted molar refractivity (Wildman–Crippen MR) is 91.4 cm³/mol. The molecule has 0 bridgehead atoms. The molecule has 1 heterocycles. The molecular weight excluding hydrogens is 254 g/mol. The highest BCUT2D eigenvalue weighted by Crippen LogP contribution is 2.25. The zero-order valence-corrected chi connectivity index (χ0v) is 12.6. The molecule has 0 saturated carbocycles. The van der Waals surface area contributed by atoms with E-state index in [1.54, 1.807) is 0 Å². The number of aromatic nitrogens is 1. The molecule has 0 aliphatic rings. The molecule has 0 unspecified atom stereocenters. The van der Waals surface area contributed by atoms with Crippen LogP contribution in [0.1, 0.15) is 44.7 Å². The molecule has 3 rings (SSSR count). The van der Waals surface area contributed by atoms with Crippen molar-refractivity contribution in [1.82, 2.24) is 4.98 Å². The summed E-state index contributed by atoms with van der Waals surface area (Å²) in [5, 5.41) is 3.78. The van der Waals surface area contributed by atoms with Gasteiger partial charge in [0.1, 0.15) is 0 Å². The second-order valence-electron chi connectivity index (χ2n) is 5.55. The Balaban J connectivity index is 1.81. The number of benzene rings is 2. The third-order valence-corrected chi connectivity index (χ3v) is 3.90.